The summed E-state index contributed by atoms with van der Waals surface area (Å²) in [5, 5.41) is 0. The SMILES string of the molecule is Cc1ccc(Br)c2c1C(=O)C(F)C2. The Kier molecular flexibility index (Phi) is 1.99. The molecule has 0 spiro atoms. The summed E-state index contributed by atoms with van der Waals surface area (Å²) in [5.74, 6) is -0.367. The van der Waals surface area contributed by atoms with Crippen LogP contribution >= 0.6 is 15.9 Å². The predicted molar refractivity (Wildman–Crippen MR) is 51.8 cm³/mol. The third-order valence-corrected chi connectivity index (χ3v) is 3.12. The van der Waals surface area contributed by atoms with E-state index < -0.39 is 6.17 Å². The molecule has 13 heavy (non-hydrogen) atoms. The van der Waals surface area contributed by atoms with Gasteiger partial charge >= 0.3 is 0 Å². The van der Waals surface area contributed by atoms with E-state index in [2.05, 4.69) is 15.9 Å². The lowest BCUT2D eigenvalue weighted by Gasteiger charge is -2.03. The van der Waals surface area contributed by atoms with Gasteiger partial charge in [0.15, 0.2) is 12.0 Å². The molecule has 2 rings (SSSR count). The van der Waals surface area contributed by atoms with Gasteiger partial charge in [-0.25, -0.2) is 4.39 Å². The fourth-order valence-corrected chi connectivity index (χ4v) is 2.20. The van der Waals surface area contributed by atoms with Crippen molar-refractivity contribution in [3.05, 3.63) is 33.3 Å². The summed E-state index contributed by atoms with van der Waals surface area (Å²) in [4.78, 5) is 11.4. The number of benzene rings is 1. The molecule has 0 aromatic heterocycles. The Hall–Kier alpha value is -0.700. The Morgan fingerprint density at radius 2 is 2.23 bits per heavy atom. The van der Waals surface area contributed by atoms with Gasteiger partial charge < -0.3 is 0 Å². The molecule has 0 saturated carbocycles. The minimum absolute atomic E-state index is 0.219. The first-order valence-corrected chi connectivity index (χ1v) is 4.87. The van der Waals surface area contributed by atoms with Crippen molar-refractivity contribution in [1.29, 1.82) is 0 Å². The number of hydrogen-bond acceptors (Lipinski definition) is 1. The van der Waals surface area contributed by atoms with Crippen LogP contribution in [0.25, 0.3) is 0 Å². The molecule has 1 unspecified atom stereocenters. The largest absolute Gasteiger partial charge is 0.291 e. The molecule has 1 aliphatic rings. The summed E-state index contributed by atoms with van der Waals surface area (Å²) in [6.45, 7) is 1.83. The molecule has 1 nitrogen and oxygen atoms in total. The average Bonchev–Trinajstić information content (AvgIpc) is 2.38. The van der Waals surface area contributed by atoms with Gasteiger partial charge in [-0.2, -0.15) is 0 Å². The molecule has 1 aromatic rings. The number of carbonyl (C=O) groups is 1. The van der Waals surface area contributed by atoms with Crippen molar-refractivity contribution in [1.82, 2.24) is 0 Å². The van der Waals surface area contributed by atoms with Gasteiger partial charge in [0.05, 0.1) is 0 Å². The molecule has 1 atom stereocenters. The molecule has 0 fully saturated rings. The maximum Gasteiger partial charge on any atom is 0.197 e. The van der Waals surface area contributed by atoms with E-state index in [1.807, 2.05) is 19.1 Å². The molecule has 0 amide bonds. The number of Topliss-reactive ketones (excluding diaryl/α,β-unsaturated/α-hetero) is 1. The van der Waals surface area contributed by atoms with Crippen molar-refractivity contribution in [3.8, 4) is 0 Å². The van der Waals surface area contributed by atoms with Crippen LogP contribution in [0, 0.1) is 6.92 Å². The summed E-state index contributed by atoms with van der Waals surface area (Å²) in [6, 6.07) is 3.69. The number of hydrogen-bond donors (Lipinski definition) is 0. The maximum absolute atomic E-state index is 13.1. The number of rotatable bonds is 0. The fourth-order valence-electron chi connectivity index (χ4n) is 1.71. The molecule has 0 radical (unpaired) electrons. The lowest BCUT2D eigenvalue weighted by molar-refractivity contribution is 0.0898. The van der Waals surface area contributed by atoms with Gasteiger partial charge in [0.1, 0.15) is 0 Å². The van der Waals surface area contributed by atoms with Crippen LogP contribution in [0.2, 0.25) is 0 Å². The van der Waals surface area contributed by atoms with Gasteiger partial charge in [-0.3, -0.25) is 4.79 Å². The third-order valence-electron chi connectivity index (χ3n) is 2.38. The van der Waals surface area contributed by atoms with E-state index in [1.165, 1.54) is 0 Å². The van der Waals surface area contributed by atoms with Crippen LogP contribution in [0.3, 0.4) is 0 Å². The van der Waals surface area contributed by atoms with E-state index in [1.54, 1.807) is 0 Å². The molecule has 0 heterocycles. The molecule has 1 aliphatic carbocycles. The van der Waals surface area contributed by atoms with E-state index >= 15 is 0 Å². The number of fused-ring (bicyclic) bond motifs is 1. The Balaban J connectivity index is 2.68. The first-order chi connectivity index (χ1) is 6.11. The Labute approximate surface area is 84.1 Å². The van der Waals surface area contributed by atoms with Gasteiger partial charge in [0.2, 0.25) is 0 Å². The van der Waals surface area contributed by atoms with Gasteiger partial charge in [-0.05, 0) is 24.1 Å². The number of alkyl halides is 1. The molecule has 0 bridgehead atoms. The highest BCUT2D eigenvalue weighted by atomic mass is 79.9. The summed E-state index contributed by atoms with van der Waals surface area (Å²) in [7, 11) is 0. The van der Waals surface area contributed by atoms with E-state index in [9.17, 15) is 9.18 Å². The summed E-state index contributed by atoms with van der Waals surface area (Å²) in [5.41, 5.74) is 2.25. The minimum Gasteiger partial charge on any atom is -0.291 e. The van der Waals surface area contributed by atoms with Crippen LogP contribution in [-0.2, 0) is 6.42 Å². The van der Waals surface area contributed by atoms with Crippen molar-refractivity contribution < 1.29 is 9.18 Å². The lowest BCUT2D eigenvalue weighted by atomic mass is 10.0. The van der Waals surface area contributed by atoms with Crippen LogP contribution in [0.5, 0.6) is 0 Å². The van der Waals surface area contributed by atoms with Gasteiger partial charge in [0, 0.05) is 16.5 Å². The molecule has 1 aromatic carbocycles. The normalized spacial score (nSPS) is 20.5. The minimum atomic E-state index is -1.34. The smallest absolute Gasteiger partial charge is 0.197 e. The van der Waals surface area contributed by atoms with Crippen LogP contribution in [0.4, 0.5) is 4.39 Å². The second-order valence-corrected chi connectivity index (χ2v) is 4.11. The van der Waals surface area contributed by atoms with E-state index in [0.717, 1.165) is 15.6 Å². The average molecular weight is 243 g/mol. The zero-order valence-corrected chi connectivity index (χ0v) is 8.69. The first-order valence-electron chi connectivity index (χ1n) is 4.07. The van der Waals surface area contributed by atoms with E-state index in [4.69, 9.17) is 0 Å². The zero-order valence-electron chi connectivity index (χ0n) is 7.10. The number of carbonyl (C=O) groups excluding carboxylic acids is 1. The standard InChI is InChI=1S/C10H8BrFO/c1-5-2-3-7(11)6-4-8(12)10(13)9(5)6/h2-3,8H,4H2,1H3. The van der Waals surface area contributed by atoms with Crippen molar-refractivity contribution in [3.63, 3.8) is 0 Å². The lowest BCUT2D eigenvalue weighted by Crippen LogP contribution is -2.09. The highest BCUT2D eigenvalue weighted by Crippen LogP contribution is 2.32. The van der Waals surface area contributed by atoms with Crippen molar-refractivity contribution in [2.24, 2.45) is 0 Å². The molecule has 0 aliphatic heterocycles. The molecular formula is C10H8BrFO. The van der Waals surface area contributed by atoms with Gasteiger partial charge in [-0.15, -0.1) is 0 Å². The van der Waals surface area contributed by atoms with Crippen molar-refractivity contribution in [2.45, 2.75) is 19.5 Å². The topological polar surface area (TPSA) is 17.1 Å². The van der Waals surface area contributed by atoms with Crippen LogP contribution in [-0.4, -0.2) is 12.0 Å². The Morgan fingerprint density at radius 1 is 1.54 bits per heavy atom. The molecular weight excluding hydrogens is 235 g/mol. The van der Waals surface area contributed by atoms with Crippen molar-refractivity contribution >= 4 is 21.7 Å². The highest BCUT2D eigenvalue weighted by molar-refractivity contribution is 9.10. The van der Waals surface area contributed by atoms with Crippen LogP contribution in [0.1, 0.15) is 21.5 Å². The predicted octanol–water partition coefficient (Wildman–Crippen LogP) is 2.83. The van der Waals surface area contributed by atoms with Crippen LogP contribution in [0.15, 0.2) is 16.6 Å². The maximum atomic E-state index is 13.1. The second-order valence-electron chi connectivity index (χ2n) is 3.25. The first kappa shape index (κ1) is 8.88. The molecule has 0 saturated heterocycles. The molecule has 68 valence electrons. The summed E-state index contributed by atoms with van der Waals surface area (Å²) < 4.78 is 13.9. The third kappa shape index (κ3) is 1.22. The Bertz CT molecular complexity index is 387. The zero-order chi connectivity index (χ0) is 9.59. The van der Waals surface area contributed by atoms with Crippen molar-refractivity contribution in [2.75, 3.05) is 0 Å². The Morgan fingerprint density at radius 3 is 2.85 bits per heavy atom. The fraction of sp³-hybridized carbons (Fsp3) is 0.300. The quantitative estimate of drug-likeness (QED) is 0.684. The highest BCUT2D eigenvalue weighted by Gasteiger charge is 2.32. The summed E-state index contributed by atoms with van der Waals surface area (Å²) in [6.07, 6.45) is -1.12. The number of aryl methyl sites for hydroxylation is 1. The van der Waals surface area contributed by atoms with Gasteiger partial charge in [-0.1, -0.05) is 22.0 Å². The van der Waals surface area contributed by atoms with Crippen LogP contribution < -0.4 is 0 Å². The molecule has 0 N–H and O–H groups in total. The summed E-state index contributed by atoms with van der Waals surface area (Å²) >= 11 is 3.32. The molecule has 3 heteroatoms. The monoisotopic (exact) mass is 242 g/mol. The second kappa shape index (κ2) is 2.91. The number of ketones is 1. The number of halogens is 2. The van der Waals surface area contributed by atoms with E-state index in [-0.39, 0.29) is 12.2 Å². The van der Waals surface area contributed by atoms with E-state index in [0.29, 0.717) is 5.56 Å². The van der Waals surface area contributed by atoms with Gasteiger partial charge in [0.25, 0.3) is 0 Å².